The van der Waals surface area contributed by atoms with E-state index in [-0.39, 0.29) is 22.6 Å². The highest BCUT2D eigenvalue weighted by Crippen LogP contribution is 2.42. The van der Waals surface area contributed by atoms with Crippen molar-refractivity contribution in [3.05, 3.63) is 59.2 Å². The van der Waals surface area contributed by atoms with E-state index in [0.717, 1.165) is 4.31 Å². The molecule has 1 aliphatic heterocycles. The van der Waals surface area contributed by atoms with Crippen molar-refractivity contribution in [3.63, 3.8) is 0 Å². The monoisotopic (exact) mass is 518 g/mol. The number of sulfonamides is 1. The van der Waals surface area contributed by atoms with E-state index < -0.39 is 33.5 Å². The van der Waals surface area contributed by atoms with Crippen molar-refractivity contribution < 1.29 is 37.3 Å². The van der Waals surface area contributed by atoms with Crippen LogP contribution in [0.4, 0.5) is 0 Å². The van der Waals surface area contributed by atoms with Crippen LogP contribution in [0, 0.1) is 0 Å². The number of hydrogen-bond donors (Lipinski definition) is 1. The van der Waals surface area contributed by atoms with Crippen LogP contribution >= 0.6 is 0 Å². The number of likely N-dealkylation sites (tertiary alicyclic amines) is 1. The van der Waals surface area contributed by atoms with E-state index in [1.54, 1.807) is 25.3 Å². The normalized spacial score (nSPS) is 17.6. The van der Waals surface area contributed by atoms with Crippen LogP contribution in [-0.4, -0.2) is 83.0 Å². The van der Waals surface area contributed by atoms with Gasteiger partial charge in [0.25, 0.3) is 11.7 Å². The summed E-state index contributed by atoms with van der Waals surface area (Å²) in [4.78, 5) is 27.6. The quantitative estimate of drug-likeness (QED) is 0.220. The summed E-state index contributed by atoms with van der Waals surface area (Å²) in [6, 6.07) is 9.58. The number of methoxy groups -OCH3 is 3. The molecule has 0 bridgehead atoms. The first-order valence-electron chi connectivity index (χ1n) is 11.1. The highest BCUT2D eigenvalue weighted by molar-refractivity contribution is 7.89. The Morgan fingerprint density at radius 1 is 1.00 bits per heavy atom. The molecular formula is C25H30N2O8S. The number of ketones is 1. The molecule has 0 aromatic heterocycles. The fourth-order valence-electron chi connectivity index (χ4n) is 4.01. The third kappa shape index (κ3) is 5.08. The Labute approximate surface area is 210 Å². The molecule has 1 N–H and O–H groups in total. The maximum Gasteiger partial charge on any atom is 0.295 e. The second-order valence-electron chi connectivity index (χ2n) is 8.27. The predicted octanol–water partition coefficient (Wildman–Crippen LogP) is 2.41. The van der Waals surface area contributed by atoms with Gasteiger partial charge in [0.1, 0.15) is 5.76 Å². The van der Waals surface area contributed by atoms with Gasteiger partial charge in [0.2, 0.25) is 10.0 Å². The summed E-state index contributed by atoms with van der Waals surface area (Å²) in [6.45, 7) is 0.595. The van der Waals surface area contributed by atoms with Gasteiger partial charge in [-0.1, -0.05) is 6.07 Å². The van der Waals surface area contributed by atoms with Gasteiger partial charge in [0.05, 0.1) is 30.7 Å². The topological polar surface area (TPSA) is 123 Å². The molecule has 0 spiro atoms. The van der Waals surface area contributed by atoms with E-state index in [1.165, 1.54) is 57.5 Å². The smallest absolute Gasteiger partial charge is 0.295 e. The summed E-state index contributed by atoms with van der Waals surface area (Å²) in [6.07, 6.45) is 0.477. The number of aliphatic hydroxyl groups excluding tert-OH is 1. The number of aliphatic hydroxyl groups is 1. The van der Waals surface area contributed by atoms with E-state index in [4.69, 9.17) is 14.2 Å². The molecule has 0 saturated carbocycles. The minimum absolute atomic E-state index is 0.0282. The van der Waals surface area contributed by atoms with E-state index in [0.29, 0.717) is 30.1 Å². The average Bonchev–Trinajstić information content (AvgIpc) is 3.13. The highest BCUT2D eigenvalue weighted by atomic mass is 32.2. The molecule has 3 rings (SSSR count). The first-order chi connectivity index (χ1) is 17.1. The number of amides is 1. The second-order valence-corrected chi connectivity index (χ2v) is 10.4. The van der Waals surface area contributed by atoms with E-state index in [9.17, 15) is 23.1 Å². The van der Waals surface area contributed by atoms with Crippen LogP contribution in [0.5, 0.6) is 11.5 Å². The number of hydrogen-bond acceptors (Lipinski definition) is 8. The van der Waals surface area contributed by atoms with Gasteiger partial charge in [0.15, 0.2) is 11.5 Å². The first kappa shape index (κ1) is 27.2. The van der Waals surface area contributed by atoms with Crippen LogP contribution in [0.15, 0.2) is 52.9 Å². The molecule has 1 saturated heterocycles. The zero-order chi connectivity index (χ0) is 26.6. The summed E-state index contributed by atoms with van der Waals surface area (Å²) in [5, 5.41) is 11.2. The number of ether oxygens (including phenoxy) is 3. The standard InChI is InChI=1S/C25H30N2O8S/c1-26(2)36(31,32)18-10-7-16(8-11-18)23(28)21-22(17-9-12-19(34-4)20(15-17)35-5)27(13-6-14-33-3)25(30)24(21)29/h7-12,15,22,28H,6,13-14H2,1-5H3/b23-21+. The molecule has 2 aromatic rings. The highest BCUT2D eigenvalue weighted by Gasteiger charge is 2.46. The van der Waals surface area contributed by atoms with Crippen LogP contribution < -0.4 is 9.47 Å². The average molecular weight is 519 g/mol. The van der Waals surface area contributed by atoms with Gasteiger partial charge >= 0.3 is 0 Å². The minimum Gasteiger partial charge on any atom is -0.507 e. The Bertz CT molecular complexity index is 1270. The maximum atomic E-state index is 13.1. The molecular weight excluding hydrogens is 488 g/mol. The van der Waals surface area contributed by atoms with Gasteiger partial charge in [-0.3, -0.25) is 9.59 Å². The second kappa shape index (κ2) is 11.1. The number of Topliss-reactive ketones (excluding diaryl/α,β-unsaturated/α-hetero) is 1. The van der Waals surface area contributed by atoms with Gasteiger partial charge in [0, 0.05) is 39.9 Å². The lowest BCUT2D eigenvalue weighted by Crippen LogP contribution is -2.31. The van der Waals surface area contributed by atoms with Crippen molar-refractivity contribution in [2.45, 2.75) is 17.4 Å². The van der Waals surface area contributed by atoms with Crippen molar-refractivity contribution in [1.82, 2.24) is 9.21 Å². The van der Waals surface area contributed by atoms with Crippen LogP contribution in [-0.2, 0) is 24.3 Å². The third-order valence-corrected chi connectivity index (χ3v) is 7.75. The Morgan fingerprint density at radius 2 is 1.64 bits per heavy atom. The lowest BCUT2D eigenvalue weighted by Gasteiger charge is -2.26. The van der Waals surface area contributed by atoms with Gasteiger partial charge in [-0.2, -0.15) is 0 Å². The number of benzene rings is 2. The predicted molar refractivity (Wildman–Crippen MR) is 132 cm³/mol. The van der Waals surface area contributed by atoms with E-state index in [1.807, 2.05) is 0 Å². The van der Waals surface area contributed by atoms with Crippen molar-refractivity contribution in [2.75, 3.05) is 48.6 Å². The van der Waals surface area contributed by atoms with Crippen molar-refractivity contribution in [1.29, 1.82) is 0 Å². The Kier molecular flexibility index (Phi) is 8.39. The molecule has 2 aromatic carbocycles. The largest absolute Gasteiger partial charge is 0.507 e. The number of carbonyl (C=O) groups excluding carboxylic acids is 2. The molecule has 11 heteroatoms. The molecule has 0 aliphatic carbocycles. The number of carbonyl (C=O) groups is 2. The molecule has 1 unspecified atom stereocenters. The lowest BCUT2D eigenvalue weighted by molar-refractivity contribution is -0.140. The molecule has 1 amide bonds. The van der Waals surface area contributed by atoms with Gasteiger partial charge in [-0.25, -0.2) is 12.7 Å². The van der Waals surface area contributed by atoms with Crippen LogP contribution in [0.2, 0.25) is 0 Å². The summed E-state index contributed by atoms with van der Waals surface area (Å²) in [7, 11) is 3.66. The van der Waals surface area contributed by atoms with Gasteiger partial charge < -0.3 is 24.2 Å². The SMILES string of the molecule is COCCCN1C(=O)C(=O)/C(=C(/O)c2ccc(S(=O)(=O)N(C)C)cc2)C1c1ccc(OC)c(OC)c1. The van der Waals surface area contributed by atoms with Crippen LogP contribution in [0.25, 0.3) is 5.76 Å². The Morgan fingerprint density at radius 3 is 2.19 bits per heavy atom. The van der Waals surface area contributed by atoms with Crippen molar-refractivity contribution in [2.24, 2.45) is 0 Å². The fourth-order valence-corrected chi connectivity index (χ4v) is 4.91. The maximum absolute atomic E-state index is 13.1. The number of nitrogens with zero attached hydrogens (tertiary/aromatic N) is 2. The van der Waals surface area contributed by atoms with Crippen molar-refractivity contribution >= 4 is 27.5 Å². The molecule has 194 valence electrons. The summed E-state index contributed by atoms with van der Waals surface area (Å²) in [5.41, 5.74) is 0.638. The minimum atomic E-state index is -3.68. The molecule has 1 atom stereocenters. The Hall–Kier alpha value is -3.41. The van der Waals surface area contributed by atoms with Crippen molar-refractivity contribution in [3.8, 4) is 11.5 Å². The van der Waals surface area contributed by atoms with Gasteiger partial charge in [-0.05, 0) is 48.4 Å². The molecule has 1 heterocycles. The summed E-state index contributed by atoms with van der Waals surface area (Å²) < 4.78 is 41.7. The van der Waals surface area contributed by atoms with Gasteiger partial charge in [-0.15, -0.1) is 0 Å². The number of rotatable bonds is 10. The first-order valence-corrected chi connectivity index (χ1v) is 12.5. The molecule has 1 aliphatic rings. The summed E-state index contributed by atoms with van der Waals surface area (Å²) in [5.74, 6) is -1.13. The zero-order valence-corrected chi connectivity index (χ0v) is 21.7. The molecule has 36 heavy (non-hydrogen) atoms. The summed E-state index contributed by atoms with van der Waals surface area (Å²) >= 11 is 0. The third-order valence-electron chi connectivity index (χ3n) is 5.92. The molecule has 1 fully saturated rings. The van der Waals surface area contributed by atoms with E-state index in [2.05, 4.69) is 0 Å². The van der Waals surface area contributed by atoms with Crippen LogP contribution in [0.3, 0.4) is 0 Å². The fraction of sp³-hybridized carbons (Fsp3) is 0.360. The molecule has 10 nitrogen and oxygen atoms in total. The lowest BCUT2D eigenvalue weighted by atomic mass is 9.95. The Balaban J connectivity index is 2.15. The zero-order valence-electron chi connectivity index (χ0n) is 20.8. The van der Waals surface area contributed by atoms with Crippen LogP contribution in [0.1, 0.15) is 23.6 Å². The molecule has 0 radical (unpaired) electrons. The van der Waals surface area contributed by atoms with E-state index >= 15 is 0 Å².